The van der Waals surface area contributed by atoms with Crippen molar-refractivity contribution >= 4 is 49.1 Å². The van der Waals surface area contributed by atoms with Crippen molar-refractivity contribution in [2.24, 2.45) is 0 Å². The third-order valence-electron chi connectivity index (χ3n) is 4.10. The summed E-state index contributed by atoms with van der Waals surface area (Å²) >= 11 is 8.45. The highest BCUT2D eigenvalue weighted by atomic mass is 79.9. The molecule has 1 N–H and O–H groups in total. The molecular formula is C18H20BrNO6S2. The minimum atomic E-state index is -4.09. The van der Waals surface area contributed by atoms with Crippen LogP contribution < -0.4 is 4.74 Å². The topological polar surface area (TPSA) is 93.1 Å². The summed E-state index contributed by atoms with van der Waals surface area (Å²) in [5.74, 6) is 4.63. The number of alkyl halides is 1. The number of hydrogen-bond donors (Lipinski definition) is 1. The molecule has 28 heavy (non-hydrogen) atoms. The molecule has 7 nitrogen and oxygen atoms in total. The highest BCUT2D eigenvalue weighted by molar-refractivity contribution is 9.09. The van der Waals surface area contributed by atoms with Gasteiger partial charge >= 0.3 is 5.97 Å². The van der Waals surface area contributed by atoms with Gasteiger partial charge in [0.05, 0.1) is 11.4 Å². The van der Waals surface area contributed by atoms with E-state index in [0.717, 1.165) is 4.31 Å². The minimum absolute atomic E-state index is 0.0103. The molecular weight excluding hydrogens is 470 g/mol. The molecule has 1 aliphatic heterocycles. The fourth-order valence-corrected chi connectivity index (χ4v) is 5.11. The number of carboxylic acids is 1. The van der Waals surface area contributed by atoms with E-state index < -0.39 is 33.7 Å². The predicted octanol–water partition coefficient (Wildman–Crippen LogP) is 2.43. The molecule has 1 aliphatic rings. The third-order valence-corrected chi connectivity index (χ3v) is 7.59. The number of hydrogen-bond acceptors (Lipinski definition) is 6. The van der Waals surface area contributed by atoms with Crippen LogP contribution in [0.3, 0.4) is 0 Å². The van der Waals surface area contributed by atoms with E-state index >= 15 is 0 Å². The van der Waals surface area contributed by atoms with E-state index in [0.29, 0.717) is 5.75 Å². The third kappa shape index (κ3) is 4.33. The lowest BCUT2D eigenvalue weighted by Crippen LogP contribution is -2.67. The maximum absolute atomic E-state index is 13.2. The molecule has 0 bridgehead atoms. The number of benzene rings is 1. The number of sulfonamides is 1. The monoisotopic (exact) mass is 489 g/mol. The summed E-state index contributed by atoms with van der Waals surface area (Å²) in [6.45, 7) is 4.53. The van der Waals surface area contributed by atoms with Crippen LogP contribution in [0.5, 0.6) is 5.75 Å². The van der Waals surface area contributed by atoms with Crippen molar-refractivity contribution in [1.29, 1.82) is 0 Å². The minimum Gasteiger partial charge on any atom is -0.481 e. The second-order valence-electron chi connectivity index (χ2n) is 6.55. The summed E-state index contributed by atoms with van der Waals surface area (Å²) in [4.78, 5) is 11.8. The molecule has 10 heteroatoms. The molecule has 0 aromatic heterocycles. The normalized spacial score (nSPS) is 21.6. The Hall–Kier alpha value is -1.67. The number of carboxylic acid groups (broad SMARTS) is 1. The number of morpholine rings is 1. The van der Waals surface area contributed by atoms with E-state index in [-0.39, 0.29) is 21.8 Å². The number of ether oxygens (including phenoxy) is 2. The van der Waals surface area contributed by atoms with Crippen molar-refractivity contribution < 1.29 is 27.8 Å². The molecule has 1 saturated heterocycles. The molecule has 1 aromatic rings. The van der Waals surface area contributed by atoms with Gasteiger partial charge in [-0.05, 0) is 45.0 Å². The highest BCUT2D eigenvalue weighted by Gasteiger charge is 2.54. The van der Waals surface area contributed by atoms with Crippen molar-refractivity contribution in [2.75, 3.05) is 18.5 Å². The van der Waals surface area contributed by atoms with Gasteiger partial charge in [-0.15, -0.1) is 5.92 Å². The van der Waals surface area contributed by atoms with Crippen LogP contribution in [0.15, 0.2) is 29.2 Å². The molecule has 1 aromatic carbocycles. The van der Waals surface area contributed by atoms with Gasteiger partial charge in [0.25, 0.3) is 10.0 Å². The smallest absolute Gasteiger partial charge is 0.338 e. The lowest BCUT2D eigenvalue weighted by Gasteiger charge is -2.47. The van der Waals surface area contributed by atoms with Crippen LogP contribution in [-0.2, 0) is 19.6 Å². The van der Waals surface area contributed by atoms with Gasteiger partial charge in [0, 0.05) is 5.33 Å². The van der Waals surface area contributed by atoms with Crippen molar-refractivity contribution in [3.63, 3.8) is 0 Å². The Labute approximate surface area is 178 Å². The molecule has 0 aliphatic carbocycles. The Balaban J connectivity index is 2.40. The van der Waals surface area contributed by atoms with Crippen molar-refractivity contribution in [1.82, 2.24) is 4.31 Å². The largest absolute Gasteiger partial charge is 0.481 e. The zero-order valence-electron chi connectivity index (χ0n) is 15.6. The fraction of sp³-hybridized carbons (Fsp3) is 0.444. The number of carbonyl (C=O) groups is 1. The second-order valence-corrected chi connectivity index (χ2v) is 9.36. The number of thiocarbonyl (C=S) groups is 1. The van der Waals surface area contributed by atoms with Crippen molar-refractivity contribution in [3.05, 3.63) is 24.3 Å². The van der Waals surface area contributed by atoms with Crippen LogP contribution in [0.25, 0.3) is 0 Å². The molecule has 0 radical (unpaired) electrons. The van der Waals surface area contributed by atoms with Gasteiger partial charge in [0.2, 0.25) is 0 Å². The number of aliphatic carboxylic acids is 1. The van der Waals surface area contributed by atoms with E-state index in [2.05, 4.69) is 27.8 Å². The molecule has 1 atom stereocenters. The first-order valence-electron chi connectivity index (χ1n) is 8.19. The summed E-state index contributed by atoms with van der Waals surface area (Å²) in [5.41, 5.74) is -3.03. The van der Waals surface area contributed by atoms with Gasteiger partial charge in [-0.1, -0.05) is 34.1 Å². The van der Waals surface area contributed by atoms with Gasteiger partial charge in [-0.2, -0.15) is 0 Å². The molecule has 1 unspecified atom stereocenters. The molecule has 1 heterocycles. The van der Waals surface area contributed by atoms with Crippen molar-refractivity contribution in [2.45, 2.75) is 36.9 Å². The van der Waals surface area contributed by atoms with Gasteiger partial charge in [-0.25, -0.2) is 13.2 Å². The van der Waals surface area contributed by atoms with E-state index in [4.69, 9.17) is 21.7 Å². The fourth-order valence-electron chi connectivity index (χ4n) is 2.63. The average Bonchev–Trinajstić information content (AvgIpc) is 2.64. The van der Waals surface area contributed by atoms with Gasteiger partial charge < -0.3 is 14.6 Å². The summed E-state index contributed by atoms with van der Waals surface area (Å²) in [5, 5.41) is 9.55. The Bertz CT molecular complexity index is 933. The van der Waals surface area contributed by atoms with Gasteiger partial charge in [0.1, 0.15) is 22.9 Å². The Kier molecular flexibility index (Phi) is 6.76. The van der Waals surface area contributed by atoms with E-state index in [1.54, 1.807) is 20.8 Å². The number of rotatable bonds is 6. The molecule has 1 fully saturated rings. The summed E-state index contributed by atoms with van der Waals surface area (Å²) in [7, 11) is -4.09. The zero-order chi connectivity index (χ0) is 21.2. The van der Waals surface area contributed by atoms with Gasteiger partial charge in [-0.3, -0.25) is 4.31 Å². The second kappa shape index (κ2) is 8.37. The lowest BCUT2D eigenvalue weighted by molar-refractivity contribution is -0.178. The Morgan fingerprint density at radius 3 is 2.50 bits per heavy atom. The summed E-state index contributed by atoms with van der Waals surface area (Å²) in [6.07, 6.45) is 0. The molecule has 0 amide bonds. The van der Waals surface area contributed by atoms with Gasteiger partial charge in [0.15, 0.2) is 5.60 Å². The zero-order valence-corrected chi connectivity index (χ0v) is 18.8. The van der Waals surface area contributed by atoms with E-state index in [9.17, 15) is 18.3 Å². The van der Waals surface area contributed by atoms with Crippen LogP contribution >= 0.6 is 28.1 Å². The first kappa shape index (κ1) is 22.6. The quantitative estimate of drug-likeness (QED) is 0.372. The SMILES string of the molecule is CC#CCOc1ccc(S(=O)(=O)N2CC(CBr)(C(=O)O)OC(C)(C)C2=S)cc1. The average molecular weight is 490 g/mol. The molecule has 152 valence electrons. The van der Waals surface area contributed by atoms with E-state index in [1.807, 2.05) is 0 Å². The number of halogens is 1. The van der Waals surface area contributed by atoms with Crippen molar-refractivity contribution in [3.8, 4) is 17.6 Å². The Morgan fingerprint density at radius 1 is 1.39 bits per heavy atom. The first-order valence-corrected chi connectivity index (χ1v) is 11.2. The Morgan fingerprint density at radius 2 is 2.00 bits per heavy atom. The molecule has 0 spiro atoms. The predicted molar refractivity (Wildman–Crippen MR) is 111 cm³/mol. The maximum atomic E-state index is 13.2. The number of nitrogens with zero attached hydrogens (tertiary/aromatic N) is 1. The van der Waals surface area contributed by atoms with Crippen LogP contribution in [0.4, 0.5) is 0 Å². The lowest BCUT2D eigenvalue weighted by atomic mass is 9.99. The molecule has 0 saturated carbocycles. The van der Waals surface area contributed by atoms with Crippen LogP contribution in [0.1, 0.15) is 20.8 Å². The van der Waals surface area contributed by atoms with Crippen LogP contribution in [0.2, 0.25) is 0 Å². The maximum Gasteiger partial charge on any atom is 0.338 e. The van der Waals surface area contributed by atoms with Crippen LogP contribution in [0, 0.1) is 11.8 Å². The standard InChI is InChI=1S/C18H20BrNO6S2/c1-4-5-10-25-13-6-8-14(9-7-13)28(23,24)20-12-18(11-19,16(21)22)26-17(2,3)15(20)27/h6-9H,10-12H2,1-3H3,(H,21,22). The van der Waals surface area contributed by atoms with Crippen LogP contribution in [-0.4, -0.2) is 58.5 Å². The molecule has 2 rings (SSSR count). The summed E-state index contributed by atoms with van der Waals surface area (Å²) < 4.78 is 38.4. The van der Waals surface area contributed by atoms with E-state index in [1.165, 1.54) is 24.3 Å². The first-order chi connectivity index (χ1) is 13.0. The summed E-state index contributed by atoms with van der Waals surface area (Å²) in [6, 6.07) is 5.78. The highest BCUT2D eigenvalue weighted by Crippen LogP contribution is 2.35.